The Labute approximate surface area is 400 Å². The smallest absolute Gasteiger partial charge is 0.132 e. The first-order valence-electron chi connectivity index (χ1n) is 22.0. The number of hydrogen-bond donors (Lipinski definition) is 2. The van der Waals surface area contributed by atoms with Gasteiger partial charge >= 0.3 is 0 Å². The second kappa shape index (κ2) is 20.1. The third-order valence-electron chi connectivity index (χ3n) is 12.2. The molecular weight excluding hydrogens is 868 g/mol. The Balaban J connectivity index is 0.00000117. The summed E-state index contributed by atoms with van der Waals surface area (Å²) >= 11 is 0. The van der Waals surface area contributed by atoms with Crippen molar-refractivity contribution < 1.29 is 37.2 Å². The van der Waals surface area contributed by atoms with Crippen LogP contribution in [0.4, 0.5) is 0 Å². The molecular formula is C60H47MnN2O4-. The first-order valence-corrected chi connectivity index (χ1v) is 22.0. The molecule has 10 rings (SSSR count). The number of hydrogen-bond acceptors (Lipinski definition) is 6. The first-order chi connectivity index (χ1) is 32.2. The van der Waals surface area contributed by atoms with Crippen molar-refractivity contribution in [3.8, 4) is 33.8 Å². The van der Waals surface area contributed by atoms with E-state index in [-0.39, 0.29) is 28.6 Å². The molecule has 0 aliphatic rings. The monoisotopic (exact) mass is 914 g/mol. The number of fused-ring (bicyclic) bond motifs is 4. The fraction of sp³-hybridized carbons (Fsp3) is 0.0833. The second-order valence-electron chi connectivity index (χ2n) is 16.5. The summed E-state index contributed by atoms with van der Waals surface area (Å²) in [4.78, 5) is 19.6. The van der Waals surface area contributed by atoms with Gasteiger partial charge in [0, 0.05) is 57.7 Å². The molecule has 10 aromatic rings. The molecule has 7 heteroatoms. The third kappa shape index (κ3) is 9.34. The van der Waals surface area contributed by atoms with E-state index < -0.39 is 18.1 Å². The van der Waals surface area contributed by atoms with Gasteiger partial charge in [-0.3, -0.25) is 9.98 Å². The molecule has 2 atom stereocenters. The summed E-state index contributed by atoms with van der Waals surface area (Å²) in [5.41, 5.74) is 8.91. The summed E-state index contributed by atoms with van der Waals surface area (Å²) in [5.74, 6) is -0.730. The Hall–Kier alpha value is -7.83. The standard InChI is InChI=1S/C58H44N2O2.C2H4O2.Mn/c1-37-29-31-39-17-9-13-25-47(39)51(37)53-49-27-15-11-23-43(49)33-45(57(53)61)35-59-55(41-19-5-3-6-20-41)56(42-21-7-4-8-22-42)60-36-46-34-44-24-12-16-28-50(44)54(58(46)62)52-38(2)30-32-40-18-10-14-26-48(40)52;1-2(3)4;/h3-36,55-56,61-62H,1-2H3;1H3,(H,3,4);/p-1/t55-,56-;;/m0../s1. The average Bonchev–Trinajstić information content (AvgIpc) is 3.34. The largest absolute Gasteiger partial charge is 0.550 e. The fourth-order valence-electron chi connectivity index (χ4n) is 9.17. The number of nitrogens with zero attached hydrogens (tertiary/aromatic N) is 2. The van der Waals surface area contributed by atoms with Crippen molar-refractivity contribution in [3.63, 3.8) is 0 Å². The Bertz CT molecular complexity index is 3250. The van der Waals surface area contributed by atoms with Gasteiger partial charge in [0.1, 0.15) is 23.6 Å². The van der Waals surface area contributed by atoms with E-state index in [1.807, 2.05) is 109 Å². The second-order valence-corrected chi connectivity index (χ2v) is 16.5. The summed E-state index contributed by atoms with van der Waals surface area (Å²) in [6, 6.07) is 65.1. The van der Waals surface area contributed by atoms with Crippen molar-refractivity contribution in [3.05, 3.63) is 228 Å². The number of phenols is 2. The topological polar surface area (TPSA) is 105 Å². The van der Waals surface area contributed by atoms with Crippen molar-refractivity contribution in [1.29, 1.82) is 0 Å². The van der Waals surface area contributed by atoms with Gasteiger partial charge in [0.15, 0.2) is 0 Å². The average molecular weight is 915 g/mol. The number of carboxylic acids is 1. The zero-order valence-electron chi connectivity index (χ0n) is 37.3. The molecule has 0 saturated carbocycles. The van der Waals surface area contributed by atoms with Crippen molar-refractivity contribution >= 4 is 61.5 Å². The molecule has 0 fully saturated rings. The van der Waals surface area contributed by atoms with E-state index in [0.717, 1.165) is 94.5 Å². The summed E-state index contributed by atoms with van der Waals surface area (Å²) in [5, 5.41) is 42.0. The minimum absolute atomic E-state index is 0. The summed E-state index contributed by atoms with van der Waals surface area (Å²) in [7, 11) is 0. The molecule has 0 aliphatic heterocycles. The molecule has 0 bridgehead atoms. The molecule has 10 aromatic carbocycles. The van der Waals surface area contributed by atoms with Crippen LogP contribution < -0.4 is 5.11 Å². The van der Waals surface area contributed by atoms with Crippen LogP contribution in [0.2, 0.25) is 0 Å². The number of aryl methyl sites for hydroxylation is 2. The van der Waals surface area contributed by atoms with Gasteiger partial charge < -0.3 is 20.1 Å². The van der Waals surface area contributed by atoms with Gasteiger partial charge in [0.25, 0.3) is 0 Å². The molecule has 0 heterocycles. The fourth-order valence-corrected chi connectivity index (χ4v) is 9.17. The van der Waals surface area contributed by atoms with Crippen LogP contribution in [0.1, 0.15) is 52.4 Å². The van der Waals surface area contributed by atoms with E-state index in [1.165, 1.54) is 0 Å². The molecule has 329 valence electrons. The van der Waals surface area contributed by atoms with Crippen LogP contribution in [-0.2, 0) is 21.9 Å². The molecule has 0 saturated heterocycles. The molecule has 2 N–H and O–H groups in total. The van der Waals surface area contributed by atoms with E-state index in [2.05, 4.69) is 111 Å². The summed E-state index contributed by atoms with van der Waals surface area (Å²) < 4.78 is 0. The molecule has 0 spiro atoms. The van der Waals surface area contributed by atoms with E-state index >= 15 is 0 Å². The molecule has 67 heavy (non-hydrogen) atoms. The zero-order valence-corrected chi connectivity index (χ0v) is 38.4. The van der Waals surface area contributed by atoms with Gasteiger partial charge in [-0.2, -0.15) is 0 Å². The number of aromatic hydroxyl groups is 2. The van der Waals surface area contributed by atoms with Crippen molar-refractivity contribution in [2.45, 2.75) is 32.9 Å². The van der Waals surface area contributed by atoms with Gasteiger partial charge in [0.2, 0.25) is 0 Å². The van der Waals surface area contributed by atoms with Crippen LogP contribution >= 0.6 is 0 Å². The van der Waals surface area contributed by atoms with Crippen LogP contribution in [0.15, 0.2) is 204 Å². The van der Waals surface area contributed by atoms with Gasteiger partial charge in [-0.15, -0.1) is 0 Å². The number of carbonyl (C=O) groups is 1. The van der Waals surface area contributed by atoms with Gasteiger partial charge in [-0.05, 0) is 109 Å². The van der Waals surface area contributed by atoms with E-state index in [0.29, 0.717) is 11.1 Å². The number of rotatable bonds is 9. The Kier molecular flexibility index (Phi) is 13.7. The molecule has 0 aromatic heterocycles. The predicted molar refractivity (Wildman–Crippen MR) is 271 cm³/mol. The Morgan fingerprint density at radius 1 is 0.448 bits per heavy atom. The van der Waals surface area contributed by atoms with Gasteiger partial charge in [-0.1, -0.05) is 182 Å². The number of carboxylic acid groups (broad SMARTS) is 1. The number of carbonyl (C=O) groups excluding carboxylic acids is 1. The number of aliphatic carboxylic acids is 1. The maximum Gasteiger partial charge on any atom is 0.132 e. The maximum absolute atomic E-state index is 12.4. The number of aliphatic imine (C=N–C) groups is 2. The Morgan fingerprint density at radius 3 is 1.10 bits per heavy atom. The summed E-state index contributed by atoms with van der Waals surface area (Å²) in [6.07, 6.45) is 3.62. The maximum atomic E-state index is 12.4. The predicted octanol–water partition coefficient (Wildman–Crippen LogP) is 13.4. The van der Waals surface area contributed by atoms with Crippen molar-refractivity contribution in [2.75, 3.05) is 0 Å². The van der Waals surface area contributed by atoms with Crippen molar-refractivity contribution in [1.82, 2.24) is 0 Å². The van der Waals surface area contributed by atoms with Crippen LogP contribution in [0.25, 0.3) is 65.3 Å². The summed E-state index contributed by atoms with van der Waals surface area (Å²) in [6.45, 7) is 5.17. The van der Waals surface area contributed by atoms with E-state index in [1.54, 1.807) is 0 Å². The molecule has 1 radical (unpaired) electrons. The minimum atomic E-state index is -1.08. The zero-order chi connectivity index (χ0) is 45.7. The quantitative estimate of drug-likeness (QED) is 0.111. The Morgan fingerprint density at radius 2 is 0.746 bits per heavy atom. The van der Waals surface area contributed by atoms with E-state index in [9.17, 15) is 10.2 Å². The molecule has 0 aliphatic carbocycles. The number of phenolic OH excluding ortho intramolecular Hbond substituents is 2. The van der Waals surface area contributed by atoms with Crippen LogP contribution in [0.5, 0.6) is 11.5 Å². The SMILES string of the molecule is CC(=O)[O-].Cc1ccc2ccccc2c1-c1c(O)c(C=N[C@@H](c2ccccc2)[C@@H](N=Cc2cc3ccccc3c(-c3c(C)ccc4ccccc34)c2O)c2ccccc2)cc2ccccc12.[Mn]. The van der Waals surface area contributed by atoms with Crippen molar-refractivity contribution in [2.24, 2.45) is 9.98 Å². The molecule has 6 nitrogen and oxygen atoms in total. The first kappa shape index (κ1) is 45.7. The van der Waals surface area contributed by atoms with Crippen LogP contribution in [0.3, 0.4) is 0 Å². The normalized spacial score (nSPS) is 12.3. The molecule has 0 unspecified atom stereocenters. The van der Waals surface area contributed by atoms with Gasteiger partial charge in [0.05, 0.1) is 0 Å². The molecule has 0 amide bonds. The van der Waals surface area contributed by atoms with Crippen LogP contribution in [0, 0.1) is 13.8 Å². The van der Waals surface area contributed by atoms with Crippen LogP contribution in [-0.4, -0.2) is 28.6 Å². The van der Waals surface area contributed by atoms with Gasteiger partial charge in [-0.25, -0.2) is 0 Å². The third-order valence-corrected chi connectivity index (χ3v) is 12.2. The minimum Gasteiger partial charge on any atom is -0.550 e. The number of benzene rings is 10. The van der Waals surface area contributed by atoms with E-state index in [4.69, 9.17) is 19.9 Å².